The molecule has 4 heteroatoms. The molecule has 0 aliphatic carbocycles. The highest BCUT2D eigenvalue weighted by Gasteiger charge is 2.24. The number of halogens is 1. The molecule has 0 aliphatic rings. The highest BCUT2D eigenvalue weighted by Crippen LogP contribution is 2.22. The zero-order valence-corrected chi connectivity index (χ0v) is 8.46. The van der Waals surface area contributed by atoms with Crippen molar-refractivity contribution in [2.75, 3.05) is 6.54 Å². The molecule has 1 aromatic rings. The van der Waals surface area contributed by atoms with Crippen molar-refractivity contribution in [3.8, 4) is 0 Å². The third-order valence-corrected chi connectivity index (χ3v) is 2.31. The maximum atomic E-state index is 10.1. The van der Waals surface area contributed by atoms with Gasteiger partial charge >= 0.3 is 0 Å². The van der Waals surface area contributed by atoms with E-state index in [0.29, 0.717) is 10.6 Å². The van der Waals surface area contributed by atoms with E-state index in [1.54, 1.807) is 24.3 Å². The predicted molar refractivity (Wildman–Crippen MR) is 57.7 cm³/mol. The zero-order valence-electron chi connectivity index (χ0n) is 7.70. The maximum absolute atomic E-state index is 10.1. The third-order valence-electron chi connectivity index (χ3n) is 2.05. The van der Waals surface area contributed by atoms with Gasteiger partial charge in [0.25, 0.3) is 0 Å². The van der Waals surface area contributed by atoms with E-state index in [1.165, 1.54) is 6.08 Å². The smallest absolute Gasteiger partial charge is 0.121 e. The monoisotopic (exact) mass is 212 g/mol. The SMILES string of the molecule is C=CC(O)(CNN)c1ccc(Cl)cc1. The van der Waals surface area contributed by atoms with Crippen molar-refractivity contribution in [1.29, 1.82) is 0 Å². The molecular weight excluding hydrogens is 200 g/mol. The van der Waals surface area contributed by atoms with Gasteiger partial charge in [-0.15, -0.1) is 0 Å². The Kier molecular flexibility index (Phi) is 3.66. The van der Waals surface area contributed by atoms with Crippen molar-refractivity contribution < 1.29 is 5.11 Å². The maximum Gasteiger partial charge on any atom is 0.121 e. The number of nitrogens with one attached hydrogen (secondary N) is 1. The van der Waals surface area contributed by atoms with Gasteiger partial charge < -0.3 is 5.11 Å². The van der Waals surface area contributed by atoms with Gasteiger partial charge in [-0.3, -0.25) is 11.3 Å². The molecule has 0 heterocycles. The van der Waals surface area contributed by atoms with Crippen LogP contribution in [0, 0.1) is 0 Å². The molecule has 0 fully saturated rings. The van der Waals surface area contributed by atoms with Crippen molar-refractivity contribution in [3.05, 3.63) is 47.5 Å². The van der Waals surface area contributed by atoms with Gasteiger partial charge in [0.1, 0.15) is 5.60 Å². The van der Waals surface area contributed by atoms with Gasteiger partial charge in [0.05, 0.1) is 0 Å². The van der Waals surface area contributed by atoms with E-state index in [4.69, 9.17) is 17.4 Å². The number of hydrazine groups is 1. The number of hydrogen-bond donors (Lipinski definition) is 3. The molecule has 0 amide bonds. The fraction of sp³-hybridized carbons (Fsp3) is 0.200. The molecule has 4 N–H and O–H groups in total. The molecule has 1 aromatic carbocycles. The lowest BCUT2D eigenvalue weighted by Crippen LogP contribution is -2.39. The molecular formula is C10H13ClN2O. The summed E-state index contributed by atoms with van der Waals surface area (Å²) in [5.74, 6) is 5.17. The Hall–Kier alpha value is -0.870. The van der Waals surface area contributed by atoms with E-state index < -0.39 is 5.60 Å². The topological polar surface area (TPSA) is 58.3 Å². The van der Waals surface area contributed by atoms with Crippen LogP contribution in [-0.2, 0) is 5.60 Å². The Morgan fingerprint density at radius 3 is 2.50 bits per heavy atom. The summed E-state index contributed by atoms with van der Waals surface area (Å²) in [6.45, 7) is 3.78. The average molecular weight is 213 g/mol. The van der Waals surface area contributed by atoms with Crippen LogP contribution in [0.15, 0.2) is 36.9 Å². The van der Waals surface area contributed by atoms with Crippen LogP contribution in [0.1, 0.15) is 5.56 Å². The number of hydrogen-bond acceptors (Lipinski definition) is 3. The lowest BCUT2D eigenvalue weighted by molar-refractivity contribution is 0.0892. The van der Waals surface area contributed by atoms with Crippen LogP contribution in [0.4, 0.5) is 0 Å². The first-order valence-corrected chi connectivity index (χ1v) is 4.55. The molecule has 14 heavy (non-hydrogen) atoms. The minimum absolute atomic E-state index is 0.206. The highest BCUT2D eigenvalue weighted by molar-refractivity contribution is 6.30. The number of benzene rings is 1. The molecule has 0 saturated heterocycles. The number of rotatable bonds is 4. The van der Waals surface area contributed by atoms with Crippen LogP contribution in [0.5, 0.6) is 0 Å². The summed E-state index contributed by atoms with van der Waals surface area (Å²) in [5, 5.41) is 10.7. The summed E-state index contributed by atoms with van der Waals surface area (Å²) in [4.78, 5) is 0. The predicted octanol–water partition coefficient (Wildman–Crippen LogP) is 1.18. The van der Waals surface area contributed by atoms with Gasteiger partial charge in [-0.25, -0.2) is 0 Å². The standard InChI is InChI=1S/C10H13ClN2O/c1-2-10(14,7-13-12)8-3-5-9(11)6-4-8/h2-6,13-14H,1,7,12H2. The third kappa shape index (κ3) is 2.33. The first-order valence-electron chi connectivity index (χ1n) is 4.18. The van der Waals surface area contributed by atoms with Crippen LogP contribution in [0.3, 0.4) is 0 Å². The molecule has 0 aliphatic heterocycles. The van der Waals surface area contributed by atoms with E-state index in [9.17, 15) is 5.11 Å². The molecule has 76 valence electrons. The minimum Gasteiger partial charge on any atom is -0.380 e. The van der Waals surface area contributed by atoms with Crippen molar-refractivity contribution in [2.45, 2.75) is 5.60 Å². The summed E-state index contributed by atoms with van der Waals surface area (Å²) in [5.41, 5.74) is 1.97. The summed E-state index contributed by atoms with van der Waals surface area (Å²) in [6, 6.07) is 6.90. The van der Waals surface area contributed by atoms with E-state index in [0.717, 1.165) is 0 Å². The summed E-state index contributed by atoms with van der Waals surface area (Å²) in [7, 11) is 0. The molecule has 0 bridgehead atoms. The number of nitrogens with two attached hydrogens (primary N) is 1. The fourth-order valence-corrected chi connectivity index (χ4v) is 1.31. The molecule has 0 radical (unpaired) electrons. The van der Waals surface area contributed by atoms with Gasteiger partial charge in [0.2, 0.25) is 0 Å². The summed E-state index contributed by atoms with van der Waals surface area (Å²) < 4.78 is 0. The molecule has 0 spiro atoms. The highest BCUT2D eigenvalue weighted by atomic mass is 35.5. The Morgan fingerprint density at radius 1 is 1.50 bits per heavy atom. The van der Waals surface area contributed by atoms with Gasteiger partial charge in [-0.2, -0.15) is 0 Å². The molecule has 1 rings (SSSR count). The van der Waals surface area contributed by atoms with Gasteiger partial charge in [0, 0.05) is 11.6 Å². The Labute approximate surface area is 88.2 Å². The van der Waals surface area contributed by atoms with Crippen molar-refractivity contribution >= 4 is 11.6 Å². The Bertz CT molecular complexity index is 312. The Balaban J connectivity index is 2.99. The molecule has 0 aromatic heterocycles. The van der Waals surface area contributed by atoms with Crippen LogP contribution >= 0.6 is 11.6 Å². The van der Waals surface area contributed by atoms with Gasteiger partial charge in [-0.05, 0) is 17.7 Å². The summed E-state index contributed by atoms with van der Waals surface area (Å²) >= 11 is 5.73. The lowest BCUT2D eigenvalue weighted by atomic mass is 9.94. The van der Waals surface area contributed by atoms with Crippen LogP contribution in [-0.4, -0.2) is 11.7 Å². The van der Waals surface area contributed by atoms with E-state index in [1.807, 2.05) is 0 Å². The largest absolute Gasteiger partial charge is 0.380 e. The van der Waals surface area contributed by atoms with Crippen LogP contribution in [0.25, 0.3) is 0 Å². The normalized spacial score (nSPS) is 14.8. The first kappa shape index (κ1) is 11.2. The second kappa shape index (κ2) is 4.57. The number of aliphatic hydroxyl groups is 1. The van der Waals surface area contributed by atoms with Crippen molar-refractivity contribution in [3.63, 3.8) is 0 Å². The van der Waals surface area contributed by atoms with Gasteiger partial charge in [-0.1, -0.05) is 36.4 Å². The quantitative estimate of drug-likeness (QED) is 0.399. The van der Waals surface area contributed by atoms with Crippen molar-refractivity contribution in [2.24, 2.45) is 5.84 Å². The summed E-state index contributed by atoms with van der Waals surface area (Å²) in [6.07, 6.45) is 1.44. The first-order chi connectivity index (χ1) is 6.62. The minimum atomic E-state index is -1.15. The van der Waals surface area contributed by atoms with Crippen molar-refractivity contribution in [1.82, 2.24) is 5.43 Å². The van der Waals surface area contributed by atoms with E-state index >= 15 is 0 Å². The molecule has 1 unspecified atom stereocenters. The van der Waals surface area contributed by atoms with Crippen LogP contribution < -0.4 is 11.3 Å². The Morgan fingerprint density at radius 2 is 2.07 bits per heavy atom. The van der Waals surface area contributed by atoms with Gasteiger partial charge in [0.15, 0.2) is 0 Å². The zero-order chi connectivity index (χ0) is 10.6. The average Bonchev–Trinajstić information content (AvgIpc) is 2.19. The van der Waals surface area contributed by atoms with Crippen LogP contribution in [0.2, 0.25) is 5.02 Å². The second-order valence-corrected chi connectivity index (χ2v) is 3.45. The molecule has 3 nitrogen and oxygen atoms in total. The molecule has 1 atom stereocenters. The fourth-order valence-electron chi connectivity index (χ4n) is 1.19. The second-order valence-electron chi connectivity index (χ2n) is 3.02. The van der Waals surface area contributed by atoms with E-state index in [2.05, 4.69) is 12.0 Å². The lowest BCUT2D eigenvalue weighted by Gasteiger charge is -2.24. The molecule has 0 saturated carbocycles. The van der Waals surface area contributed by atoms with E-state index in [-0.39, 0.29) is 6.54 Å².